The Morgan fingerprint density at radius 3 is 2.49 bits per heavy atom. The van der Waals surface area contributed by atoms with Crippen LogP contribution in [-0.4, -0.2) is 50.1 Å². The zero-order chi connectivity index (χ0) is 26.0. The van der Waals surface area contributed by atoms with Crippen molar-refractivity contribution < 1.29 is 19.0 Å². The summed E-state index contributed by atoms with van der Waals surface area (Å²) in [6.45, 7) is 8.19. The number of ether oxygens (including phenoxy) is 3. The zero-order valence-electron chi connectivity index (χ0n) is 21.8. The van der Waals surface area contributed by atoms with Crippen molar-refractivity contribution in [2.75, 3.05) is 5.32 Å². The summed E-state index contributed by atoms with van der Waals surface area (Å²) in [5.41, 5.74) is 2.91. The molecule has 194 valence electrons. The predicted molar refractivity (Wildman–Crippen MR) is 136 cm³/mol. The molecule has 0 radical (unpaired) electrons. The number of anilines is 1. The summed E-state index contributed by atoms with van der Waals surface area (Å²) in [6, 6.07) is 5.91. The number of amides is 1. The van der Waals surface area contributed by atoms with Crippen molar-refractivity contribution in [1.29, 1.82) is 5.26 Å². The second-order valence-electron chi connectivity index (χ2n) is 11.6. The summed E-state index contributed by atoms with van der Waals surface area (Å²) in [6.07, 6.45) is 9.07. The lowest BCUT2D eigenvalue weighted by Gasteiger charge is -2.43. The maximum absolute atomic E-state index is 12.9. The average Bonchev–Trinajstić information content (AvgIpc) is 3.52. The number of hydrogen-bond acceptors (Lipinski definition) is 7. The van der Waals surface area contributed by atoms with E-state index >= 15 is 0 Å². The summed E-state index contributed by atoms with van der Waals surface area (Å²) in [4.78, 5) is 24.8. The first kappa shape index (κ1) is 24.3. The largest absolute Gasteiger partial charge is 0.363 e. The van der Waals surface area contributed by atoms with E-state index in [9.17, 15) is 4.79 Å². The number of imidazole rings is 1. The number of pyridine rings is 1. The number of aromatic nitrogens is 3. The number of nitrogens with one attached hydrogen (secondary N) is 2. The molecular formula is C28H33N5O4. The monoisotopic (exact) mass is 503 g/mol. The summed E-state index contributed by atoms with van der Waals surface area (Å²) >= 11 is 0. The Labute approximate surface area is 216 Å². The Bertz CT molecular complexity index is 1300. The number of carbonyl (C=O) groups excluding carboxylic acids is 1. The van der Waals surface area contributed by atoms with Crippen LogP contribution >= 0.6 is 0 Å². The number of allylic oxidation sites excluding steroid dienone is 2. The number of carbonyl (C=O) groups is 1. The molecule has 9 nitrogen and oxygen atoms in total. The van der Waals surface area contributed by atoms with Crippen LogP contribution in [0, 0.1) is 11.3 Å². The first-order valence-corrected chi connectivity index (χ1v) is 13.1. The molecule has 0 saturated carbocycles. The van der Waals surface area contributed by atoms with Crippen LogP contribution < -0.4 is 5.32 Å². The fourth-order valence-electron chi connectivity index (χ4n) is 6.65. The van der Waals surface area contributed by atoms with Gasteiger partial charge in [-0.2, -0.15) is 5.26 Å². The molecular weight excluding hydrogens is 470 g/mol. The number of aromatic amines is 1. The molecule has 2 aromatic rings. The van der Waals surface area contributed by atoms with E-state index in [4.69, 9.17) is 24.5 Å². The third-order valence-electron chi connectivity index (χ3n) is 8.16. The van der Waals surface area contributed by atoms with Crippen LogP contribution in [0.4, 0.5) is 5.69 Å². The fraction of sp³-hybridized carbons (Fsp3) is 0.571. The molecule has 5 heterocycles. The zero-order valence-corrected chi connectivity index (χ0v) is 21.8. The van der Waals surface area contributed by atoms with Gasteiger partial charge in [-0.25, -0.2) is 4.98 Å². The lowest BCUT2D eigenvalue weighted by atomic mass is 9.82. The molecule has 1 unspecified atom stereocenters. The molecule has 2 bridgehead atoms. The molecule has 0 spiro atoms. The number of rotatable bonds is 4. The van der Waals surface area contributed by atoms with Gasteiger partial charge in [0.05, 0.1) is 28.8 Å². The lowest BCUT2D eigenvalue weighted by Crippen LogP contribution is -2.46. The highest BCUT2D eigenvalue weighted by Crippen LogP contribution is 2.58. The summed E-state index contributed by atoms with van der Waals surface area (Å²) in [5, 5.41) is 12.0. The van der Waals surface area contributed by atoms with E-state index in [0.29, 0.717) is 5.69 Å². The maximum Gasteiger partial charge on any atom is 0.291 e. The summed E-state index contributed by atoms with van der Waals surface area (Å²) in [5.74, 6) is -0.751. The summed E-state index contributed by atoms with van der Waals surface area (Å²) in [7, 11) is 0. The van der Waals surface area contributed by atoms with Gasteiger partial charge >= 0.3 is 0 Å². The van der Waals surface area contributed by atoms with E-state index in [1.54, 1.807) is 0 Å². The van der Waals surface area contributed by atoms with Gasteiger partial charge < -0.3 is 24.5 Å². The number of hydrogen-bond donors (Lipinski definition) is 2. The molecule has 1 aliphatic carbocycles. The molecule has 3 saturated heterocycles. The van der Waals surface area contributed by atoms with Gasteiger partial charge in [0.25, 0.3) is 5.91 Å². The van der Waals surface area contributed by atoms with Gasteiger partial charge in [0.2, 0.25) is 0 Å². The second kappa shape index (κ2) is 8.48. The van der Waals surface area contributed by atoms with Crippen LogP contribution in [0.5, 0.6) is 0 Å². The lowest BCUT2D eigenvalue weighted by molar-refractivity contribution is -0.242. The molecule has 2 N–H and O–H groups in total. The standard InChI is InChI=1S/C28H33N5O4/c1-26(2)35-22-23(36-26)28(4)13-17(12-27(22,3)37-28)19-10-11-20(21(32-19)16-8-6-5-7-9-16)33-25(34)24-30-15-18(14-29)31-24/h8,10-11,15,17,22-23H,5-7,9,12-13H2,1-4H3,(H,30,31)(H,33,34)/t17?,22-,23+,27+,28-. The quantitative estimate of drug-likeness (QED) is 0.613. The third-order valence-corrected chi connectivity index (χ3v) is 8.16. The van der Waals surface area contributed by atoms with Crippen LogP contribution in [0.15, 0.2) is 24.4 Å². The number of nitrogens with zero attached hydrogens (tertiary/aromatic N) is 3. The van der Waals surface area contributed by atoms with Crippen molar-refractivity contribution in [2.45, 2.75) is 101 Å². The van der Waals surface area contributed by atoms with E-state index in [0.717, 1.165) is 55.5 Å². The van der Waals surface area contributed by atoms with Crippen LogP contribution in [0.2, 0.25) is 0 Å². The van der Waals surface area contributed by atoms with E-state index in [1.165, 1.54) is 6.20 Å². The molecule has 5 atom stereocenters. The molecule has 3 fully saturated rings. The molecule has 37 heavy (non-hydrogen) atoms. The van der Waals surface area contributed by atoms with Gasteiger partial charge in [0, 0.05) is 11.6 Å². The Morgan fingerprint density at radius 2 is 1.86 bits per heavy atom. The minimum Gasteiger partial charge on any atom is -0.363 e. The SMILES string of the molecule is CC1(C)O[C@@H]2[C@H](O1)[C@@]1(C)CC(c3ccc(NC(=O)c4ncc(C#N)[nH]4)c(C4=CCCCC4)n3)C[C@]2(C)O1. The smallest absolute Gasteiger partial charge is 0.291 e. The molecule has 6 rings (SSSR count). The molecule has 1 amide bonds. The van der Waals surface area contributed by atoms with Crippen LogP contribution in [0.1, 0.15) is 99.8 Å². The first-order chi connectivity index (χ1) is 17.6. The van der Waals surface area contributed by atoms with Gasteiger partial charge in [-0.15, -0.1) is 0 Å². The normalized spacial score (nSPS) is 33.9. The summed E-state index contributed by atoms with van der Waals surface area (Å²) < 4.78 is 19.2. The van der Waals surface area contributed by atoms with Crippen LogP contribution in [-0.2, 0) is 14.2 Å². The van der Waals surface area contributed by atoms with E-state index in [1.807, 2.05) is 32.0 Å². The van der Waals surface area contributed by atoms with Crippen molar-refractivity contribution in [2.24, 2.45) is 0 Å². The van der Waals surface area contributed by atoms with Crippen molar-refractivity contribution in [3.8, 4) is 6.07 Å². The predicted octanol–water partition coefficient (Wildman–Crippen LogP) is 4.83. The Hall–Kier alpha value is -3.06. The maximum atomic E-state index is 12.9. The topological polar surface area (TPSA) is 122 Å². The Kier molecular flexibility index (Phi) is 5.57. The van der Waals surface area contributed by atoms with Crippen LogP contribution in [0.3, 0.4) is 0 Å². The number of fused-ring (bicyclic) bond motifs is 5. The number of nitriles is 1. The van der Waals surface area contributed by atoms with Gasteiger partial charge in [0.1, 0.15) is 24.0 Å². The number of H-pyrrole nitrogens is 1. The van der Waals surface area contributed by atoms with Crippen molar-refractivity contribution in [1.82, 2.24) is 15.0 Å². The van der Waals surface area contributed by atoms with Crippen molar-refractivity contribution in [3.05, 3.63) is 47.3 Å². The minimum absolute atomic E-state index is 0.0977. The van der Waals surface area contributed by atoms with E-state index in [2.05, 4.69) is 35.2 Å². The fourth-order valence-corrected chi connectivity index (χ4v) is 6.65. The highest BCUT2D eigenvalue weighted by Gasteiger charge is 2.68. The molecule has 2 aromatic heterocycles. The molecule has 9 heteroatoms. The first-order valence-electron chi connectivity index (χ1n) is 13.1. The third kappa shape index (κ3) is 4.17. The van der Waals surface area contributed by atoms with E-state index < -0.39 is 22.9 Å². The average molecular weight is 504 g/mol. The highest BCUT2D eigenvalue weighted by molar-refractivity contribution is 6.03. The minimum atomic E-state index is -0.616. The van der Waals surface area contributed by atoms with Gasteiger partial charge in [0.15, 0.2) is 11.6 Å². The van der Waals surface area contributed by atoms with Gasteiger partial charge in [-0.3, -0.25) is 9.78 Å². The van der Waals surface area contributed by atoms with Crippen molar-refractivity contribution >= 4 is 17.2 Å². The second-order valence-corrected chi connectivity index (χ2v) is 11.6. The molecule has 4 aliphatic rings. The molecule has 3 aliphatic heterocycles. The van der Waals surface area contributed by atoms with E-state index in [-0.39, 0.29) is 29.6 Å². The van der Waals surface area contributed by atoms with Crippen LogP contribution in [0.25, 0.3) is 5.57 Å². The highest BCUT2D eigenvalue weighted by atomic mass is 16.8. The molecule has 0 aromatic carbocycles. The van der Waals surface area contributed by atoms with Gasteiger partial charge in [-0.05, 0) is 83.9 Å². The van der Waals surface area contributed by atoms with Crippen molar-refractivity contribution in [3.63, 3.8) is 0 Å². The Balaban J connectivity index is 1.32. The Morgan fingerprint density at radius 1 is 1.14 bits per heavy atom. The van der Waals surface area contributed by atoms with Gasteiger partial charge in [-0.1, -0.05) is 6.08 Å².